The van der Waals surface area contributed by atoms with Crippen LogP contribution in [0, 0.1) is 11.6 Å². The summed E-state index contributed by atoms with van der Waals surface area (Å²) in [6.07, 6.45) is 0.186. The Morgan fingerprint density at radius 1 is 1.40 bits per heavy atom. The molecule has 10 heteroatoms. The maximum absolute atomic E-state index is 14.1. The summed E-state index contributed by atoms with van der Waals surface area (Å²) in [5.74, 6) is -0.881. The van der Waals surface area contributed by atoms with E-state index in [1.807, 2.05) is 0 Å². The zero-order chi connectivity index (χ0) is 22.3. The first kappa shape index (κ1) is 24.1. The minimum Gasteiger partial charge on any atom is -0.359 e. The van der Waals surface area contributed by atoms with Crippen molar-refractivity contribution in [2.24, 2.45) is 10.1 Å². The lowest BCUT2D eigenvalue weighted by Crippen LogP contribution is -2.37. The third-order valence-electron chi connectivity index (χ3n) is 4.68. The highest BCUT2D eigenvalue weighted by Crippen LogP contribution is 2.33. The highest BCUT2D eigenvalue weighted by atomic mass is 28.3. The zero-order valence-electron chi connectivity index (χ0n) is 17.7. The number of nitrogens with zero attached hydrogens (tertiary/aromatic N) is 4. The molecule has 2 atom stereocenters. The Hall–Kier alpha value is -2.17. The highest BCUT2D eigenvalue weighted by molar-refractivity contribution is 6.76. The van der Waals surface area contributed by atoms with Gasteiger partial charge in [0.05, 0.1) is 12.6 Å². The summed E-state index contributed by atoms with van der Waals surface area (Å²) in [5, 5.41) is 6.71. The minimum atomic E-state index is -1.19. The molecule has 1 N–H and O–H groups in total. The molecule has 2 rings (SSSR count). The Balaban J connectivity index is 1.92. The molecule has 1 aromatic rings. The Morgan fingerprint density at radius 3 is 2.80 bits per heavy atom. The van der Waals surface area contributed by atoms with E-state index in [1.165, 1.54) is 16.4 Å². The number of ether oxygens (including phenoxy) is 1. The van der Waals surface area contributed by atoms with E-state index in [9.17, 15) is 13.2 Å². The lowest BCUT2D eigenvalue weighted by atomic mass is 10.0. The lowest BCUT2D eigenvalue weighted by molar-refractivity contribution is 0.0566. The van der Waals surface area contributed by atoms with Crippen LogP contribution in [0.1, 0.15) is 18.0 Å². The van der Waals surface area contributed by atoms with E-state index in [-0.39, 0.29) is 31.1 Å². The predicted molar refractivity (Wildman–Crippen MR) is 116 cm³/mol. The van der Waals surface area contributed by atoms with Crippen LogP contribution in [-0.4, -0.2) is 57.2 Å². The molecule has 1 fully saturated rings. The topological polar surface area (TPSA) is 52.5 Å². The highest BCUT2D eigenvalue weighted by Gasteiger charge is 2.34. The molecule has 0 radical (unpaired) electrons. The Labute approximate surface area is 177 Å². The molecule has 0 aromatic heterocycles. The first-order valence-corrected chi connectivity index (χ1v) is 13.5. The Bertz CT molecular complexity index is 771. The van der Waals surface area contributed by atoms with E-state index < -0.39 is 31.9 Å². The van der Waals surface area contributed by atoms with Gasteiger partial charge in [0.2, 0.25) is 0 Å². The molecule has 1 aliphatic rings. The quantitative estimate of drug-likeness (QED) is 0.139. The molecule has 0 amide bonds. The number of halogens is 3. The molecule has 0 aliphatic carbocycles. The first-order valence-electron chi connectivity index (χ1n) is 9.76. The first-order chi connectivity index (χ1) is 14.1. The van der Waals surface area contributed by atoms with Gasteiger partial charge >= 0.3 is 0 Å². The number of rotatable bonds is 11. The molecule has 166 valence electrons. The molecule has 0 spiro atoms. The van der Waals surface area contributed by atoms with Crippen LogP contribution >= 0.6 is 0 Å². The number of hydrogen-bond donors (Lipinski definition) is 1. The van der Waals surface area contributed by atoms with Gasteiger partial charge in [-0.1, -0.05) is 26.2 Å². The van der Waals surface area contributed by atoms with Crippen molar-refractivity contribution in [1.82, 2.24) is 15.4 Å². The number of nitrogens with one attached hydrogen (secondary N) is 1. The molecule has 1 heterocycles. The fourth-order valence-corrected chi connectivity index (χ4v) is 3.72. The van der Waals surface area contributed by atoms with Gasteiger partial charge in [0.1, 0.15) is 36.7 Å². The van der Waals surface area contributed by atoms with Crippen LogP contribution in [0.3, 0.4) is 0 Å². The lowest BCUT2D eigenvalue weighted by Gasteiger charge is -2.24. The van der Waals surface area contributed by atoms with Gasteiger partial charge < -0.3 is 10.2 Å². The van der Waals surface area contributed by atoms with Crippen molar-refractivity contribution in [3.8, 4) is 0 Å². The van der Waals surface area contributed by atoms with Crippen LogP contribution in [0.5, 0.6) is 0 Å². The molecular formula is C20H30F3N5OSi. The van der Waals surface area contributed by atoms with Crippen LogP contribution in [0.2, 0.25) is 25.7 Å². The summed E-state index contributed by atoms with van der Waals surface area (Å²) >= 11 is 0. The van der Waals surface area contributed by atoms with Crippen LogP contribution in [0.15, 0.2) is 40.7 Å². The molecule has 1 aromatic carbocycles. The van der Waals surface area contributed by atoms with Gasteiger partial charge in [-0.25, -0.2) is 28.2 Å². The molecule has 0 unspecified atom stereocenters. The second kappa shape index (κ2) is 10.7. The van der Waals surface area contributed by atoms with Gasteiger partial charge in [-0.2, -0.15) is 5.10 Å². The number of alkyl halides is 1. The summed E-state index contributed by atoms with van der Waals surface area (Å²) < 4.78 is 47.2. The molecule has 1 saturated heterocycles. The van der Waals surface area contributed by atoms with Gasteiger partial charge in [0.15, 0.2) is 0 Å². The van der Waals surface area contributed by atoms with Crippen LogP contribution in [0.4, 0.5) is 13.2 Å². The summed E-state index contributed by atoms with van der Waals surface area (Å²) in [6.45, 7) is 14.9. The molecule has 6 nitrogen and oxygen atoms in total. The fraction of sp³-hybridized carbons (Fsp3) is 0.500. The second-order valence-electron chi connectivity index (χ2n) is 8.36. The predicted octanol–water partition coefficient (Wildman–Crippen LogP) is 4.28. The third-order valence-corrected chi connectivity index (χ3v) is 6.39. The molecule has 0 bridgehead atoms. The van der Waals surface area contributed by atoms with Crippen LogP contribution < -0.4 is 5.43 Å². The minimum absolute atomic E-state index is 0.0162. The fourth-order valence-electron chi connectivity index (χ4n) is 2.96. The van der Waals surface area contributed by atoms with E-state index in [4.69, 9.17) is 4.74 Å². The van der Waals surface area contributed by atoms with Gasteiger partial charge in [0.25, 0.3) is 0 Å². The maximum Gasteiger partial charge on any atom is 0.145 e. The number of hydrogen-bond acceptors (Lipinski definition) is 5. The maximum atomic E-state index is 14.1. The van der Waals surface area contributed by atoms with E-state index in [0.717, 1.165) is 24.2 Å². The molecule has 0 saturated carbocycles. The Kier molecular flexibility index (Phi) is 8.62. The second-order valence-corrected chi connectivity index (χ2v) is 14.0. The molecule has 30 heavy (non-hydrogen) atoms. The van der Waals surface area contributed by atoms with Crippen molar-refractivity contribution < 1.29 is 17.9 Å². The van der Waals surface area contributed by atoms with Crippen LogP contribution in [0.25, 0.3) is 0 Å². The largest absolute Gasteiger partial charge is 0.359 e. The van der Waals surface area contributed by atoms with Crippen molar-refractivity contribution in [2.45, 2.75) is 44.3 Å². The standard InChI is InChI=1S/C20H30F3N5OSi/c1-15(28(24-2)14-29-8-9-30(3,4)5)25-13-26-27-12-17(22)11-20(27)18-10-16(21)6-7-19(18)23/h6-7,10,13,17,20H,1-2,8-9,11-12,14H2,3-5H3,(H,25,26)/t17-,20+/m0/s1. The van der Waals surface area contributed by atoms with Crippen molar-refractivity contribution in [1.29, 1.82) is 0 Å². The van der Waals surface area contributed by atoms with Crippen molar-refractivity contribution in [3.05, 3.63) is 47.8 Å². The van der Waals surface area contributed by atoms with Gasteiger partial charge in [-0.3, -0.25) is 0 Å². The number of hydrazone groups is 1. The van der Waals surface area contributed by atoms with E-state index in [1.54, 1.807) is 0 Å². The average molecular weight is 442 g/mol. The van der Waals surface area contributed by atoms with Gasteiger partial charge in [0, 0.05) is 33.4 Å². The van der Waals surface area contributed by atoms with E-state index in [2.05, 4.69) is 48.5 Å². The SMILES string of the molecule is C=NN(COCC[Si](C)(C)C)C(=C)N=CNN1C[C@@H](F)C[C@@H]1c1cc(F)ccc1F. The van der Waals surface area contributed by atoms with Crippen molar-refractivity contribution in [2.75, 3.05) is 19.9 Å². The van der Waals surface area contributed by atoms with Gasteiger partial charge in [-0.15, -0.1) is 0 Å². The smallest absolute Gasteiger partial charge is 0.145 e. The van der Waals surface area contributed by atoms with Gasteiger partial charge in [-0.05, 0) is 24.2 Å². The number of benzene rings is 1. The van der Waals surface area contributed by atoms with Crippen LogP contribution in [-0.2, 0) is 4.74 Å². The number of hydrazine groups is 1. The zero-order valence-corrected chi connectivity index (χ0v) is 18.7. The van der Waals surface area contributed by atoms with E-state index in [0.29, 0.717) is 6.61 Å². The number of aliphatic imine (C=N–C) groups is 1. The third kappa shape index (κ3) is 7.26. The normalized spacial score (nSPS) is 19.9. The summed E-state index contributed by atoms with van der Waals surface area (Å²) in [5.41, 5.74) is 2.93. The average Bonchev–Trinajstić information content (AvgIpc) is 3.03. The summed E-state index contributed by atoms with van der Waals surface area (Å²) in [6, 6.07) is 3.53. The molecular weight excluding hydrogens is 411 g/mol. The Morgan fingerprint density at radius 2 is 2.13 bits per heavy atom. The monoisotopic (exact) mass is 441 g/mol. The van der Waals surface area contributed by atoms with Crippen molar-refractivity contribution >= 4 is 21.1 Å². The van der Waals surface area contributed by atoms with Crippen molar-refractivity contribution in [3.63, 3.8) is 0 Å². The molecule has 1 aliphatic heterocycles. The summed E-state index contributed by atoms with van der Waals surface area (Å²) in [7, 11) is -1.19. The van der Waals surface area contributed by atoms with E-state index >= 15 is 0 Å². The summed E-state index contributed by atoms with van der Waals surface area (Å²) in [4.78, 5) is 4.14.